The summed E-state index contributed by atoms with van der Waals surface area (Å²) >= 11 is 0. The minimum atomic E-state index is 0.707. The summed E-state index contributed by atoms with van der Waals surface area (Å²) in [6.07, 6.45) is 6.00. The second-order valence-electron chi connectivity index (χ2n) is 5.93. The molecule has 1 saturated heterocycles. The molecule has 1 aromatic carbocycles. The van der Waals surface area contributed by atoms with E-state index in [0.29, 0.717) is 5.92 Å². The smallest absolute Gasteiger partial charge is 0.0381 e. The zero-order valence-electron chi connectivity index (χ0n) is 13.6. The maximum Gasteiger partial charge on any atom is 0.0381 e. The Labute approximate surface area is 129 Å². The molecule has 2 N–H and O–H groups in total. The number of rotatable bonds is 5. The van der Waals surface area contributed by atoms with Crippen LogP contribution >= 0.6 is 0 Å². The Bertz CT molecular complexity index is 494. The molecule has 0 unspecified atom stereocenters. The third-order valence-corrected chi connectivity index (χ3v) is 4.29. The van der Waals surface area contributed by atoms with Crippen molar-refractivity contribution in [2.24, 2.45) is 5.92 Å². The van der Waals surface area contributed by atoms with Gasteiger partial charge in [-0.15, -0.1) is 0 Å². The molecule has 0 bridgehead atoms. The first kappa shape index (κ1) is 15.8. The summed E-state index contributed by atoms with van der Waals surface area (Å²) in [5.74, 6) is 0.707. The van der Waals surface area contributed by atoms with Crippen LogP contribution in [0.4, 0.5) is 5.69 Å². The quantitative estimate of drug-likeness (QED) is 0.764. The van der Waals surface area contributed by atoms with E-state index in [-0.39, 0.29) is 0 Å². The highest BCUT2D eigenvalue weighted by Crippen LogP contribution is 2.27. The Morgan fingerprint density at radius 1 is 1.19 bits per heavy atom. The first-order chi connectivity index (χ1) is 10.2. The van der Waals surface area contributed by atoms with Crippen molar-refractivity contribution >= 4 is 5.69 Å². The normalized spacial score (nSPS) is 18.3. The summed E-state index contributed by atoms with van der Waals surface area (Å²) in [6, 6.07) is 10.4. The van der Waals surface area contributed by atoms with Crippen LogP contribution in [0.25, 0.3) is 0 Å². The molecular formula is C19H28N2. The molecule has 2 nitrogen and oxygen atoms in total. The van der Waals surface area contributed by atoms with Gasteiger partial charge in [0, 0.05) is 11.4 Å². The number of piperidine rings is 1. The van der Waals surface area contributed by atoms with Crippen molar-refractivity contribution < 1.29 is 0 Å². The van der Waals surface area contributed by atoms with Gasteiger partial charge in [0.15, 0.2) is 0 Å². The summed E-state index contributed by atoms with van der Waals surface area (Å²) in [5, 5.41) is 6.96. The van der Waals surface area contributed by atoms with Gasteiger partial charge in [-0.3, -0.25) is 0 Å². The van der Waals surface area contributed by atoms with E-state index in [0.717, 1.165) is 25.2 Å². The van der Waals surface area contributed by atoms with E-state index >= 15 is 0 Å². The van der Waals surface area contributed by atoms with Gasteiger partial charge in [0.25, 0.3) is 0 Å². The van der Waals surface area contributed by atoms with Gasteiger partial charge in [-0.25, -0.2) is 0 Å². The van der Waals surface area contributed by atoms with Crippen LogP contribution in [0.15, 0.2) is 53.3 Å². The number of hydrogen-bond acceptors (Lipinski definition) is 2. The molecule has 0 amide bonds. The molecule has 0 saturated carbocycles. The van der Waals surface area contributed by atoms with Crippen molar-refractivity contribution in [1.29, 1.82) is 0 Å². The standard InChI is InChI=1S/C19H28N2/c1-4-15(2)19(17-10-12-20-13-11-17)14-16(3)21-18-8-6-5-7-9-18/h5-9,14,17,20-21H,4,10-13H2,1-3H3/b16-14-,19-15-. The van der Waals surface area contributed by atoms with Gasteiger partial charge in [0.1, 0.15) is 0 Å². The Balaban J connectivity index is 2.15. The van der Waals surface area contributed by atoms with Gasteiger partial charge in [-0.1, -0.05) is 30.7 Å². The maximum atomic E-state index is 3.50. The summed E-state index contributed by atoms with van der Waals surface area (Å²) in [6.45, 7) is 8.99. The fraction of sp³-hybridized carbons (Fsp3) is 0.474. The highest BCUT2D eigenvalue weighted by molar-refractivity contribution is 5.49. The fourth-order valence-electron chi connectivity index (χ4n) is 2.95. The second-order valence-corrected chi connectivity index (χ2v) is 5.93. The first-order valence-electron chi connectivity index (χ1n) is 8.11. The molecule has 2 heteroatoms. The van der Waals surface area contributed by atoms with Gasteiger partial charge in [0.05, 0.1) is 0 Å². The minimum Gasteiger partial charge on any atom is -0.359 e. The monoisotopic (exact) mass is 284 g/mol. The summed E-state index contributed by atoms with van der Waals surface area (Å²) < 4.78 is 0. The van der Waals surface area contributed by atoms with E-state index in [2.05, 4.69) is 61.7 Å². The van der Waals surface area contributed by atoms with E-state index in [4.69, 9.17) is 0 Å². The Kier molecular flexibility index (Phi) is 6.06. The zero-order valence-corrected chi connectivity index (χ0v) is 13.6. The predicted octanol–water partition coefficient (Wildman–Crippen LogP) is 4.73. The lowest BCUT2D eigenvalue weighted by Gasteiger charge is -2.26. The summed E-state index contributed by atoms with van der Waals surface area (Å²) in [5.41, 5.74) is 5.45. The lowest BCUT2D eigenvalue weighted by atomic mass is 9.86. The van der Waals surface area contributed by atoms with Crippen LogP contribution in [0.5, 0.6) is 0 Å². The molecular weight excluding hydrogens is 256 g/mol. The number of nitrogens with one attached hydrogen (secondary N) is 2. The van der Waals surface area contributed by atoms with Crippen molar-refractivity contribution in [3.8, 4) is 0 Å². The topological polar surface area (TPSA) is 24.1 Å². The van der Waals surface area contributed by atoms with Crippen LogP contribution in [0.3, 0.4) is 0 Å². The van der Waals surface area contributed by atoms with E-state index in [1.54, 1.807) is 5.57 Å². The van der Waals surface area contributed by atoms with Gasteiger partial charge in [-0.05, 0) is 75.9 Å². The van der Waals surface area contributed by atoms with E-state index < -0.39 is 0 Å². The molecule has 21 heavy (non-hydrogen) atoms. The zero-order chi connectivity index (χ0) is 15.1. The van der Waals surface area contributed by atoms with Crippen molar-refractivity contribution in [2.45, 2.75) is 40.0 Å². The van der Waals surface area contributed by atoms with Gasteiger partial charge >= 0.3 is 0 Å². The van der Waals surface area contributed by atoms with Gasteiger partial charge in [0.2, 0.25) is 0 Å². The lowest BCUT2D eigenvalue weighted by molar-refractivity contribution is 0.422. The number of hydrogen-bond donors (Lipinski definition) is 2. The highest BCUT2D eigenvalue weighted by atomic mass is 14.9. The minimum absolute atomic E-state index is 0.707. The van der Waals surface area contributed by atoms with Crippen LogP contribution in [0.1, 0.15) is 40.0 Å². The second kappa shape index (κ2) is 8.04. The molecule has 0 atom stereocenters. The van der Waals surface area contributed by atoms with E-state index in [9.17, 15) is 0 Å². The lowest BCUT2D eigenvalue weighted by Crippen LogP contribution is -2.28. The number of anilines is 1. The van der Waals surface area contributed by atoms with Crippen LogP contribution < -0.4 is 10.6 Å². The number of para-hydroxylation sites is 1. The Hall–Kier alpha value is -1.54. The van der Waals surface area contributed by atoms with Crippen LogP contribution in [-0.2, 0) is 0 Å². The van der Waals surface area contributed by atoms with Crippen LogP contribution in [-0.4, -0.2) is 13.1 Å². The molecule has 0 spiro atoms. The first-order valence-corrected chi connectivity index (χ1v) is 8.11. The molecule has 1 aromatic rings. The summed E-state index contributed by atoms with van der Waals surface area (Å²) in [4.78, 5) is 0. The van der Waals surface area contributed by atoms with Crippen molar-refractivity contribution in [2.75, 3.05) is 18.4 Å². The highest BCUT2D eigenvalue weighted by Gasteiger charge is 2.17. The Morgan fingerprint density at radius 3 is 2.48 bits per heavy atom. The molecule has 2 rings (SSSR count). The molecule has 0 aromatic heterocycles. The SMILES string of the molecule is CC/C(C)=C(/C=C(/C)Nc1ccccc1)C1CCNCC1. The average Bonchev–Trinajstić information content (AvgIpc) is 2.53. The molecule has 1 aliphatic heterocycles. The largest absolute Gasteiger partial charge is 0.359 e. The van der Waals surface area contributed by atoms with Crippen LogP contribution in [0, 0.1) is 5.92 Å². The predicted molar refractivity (Wildman–Crippen MR) is 92.4 cm³/mol. The fourth-order valence-corrected chi connectivity index (χ4v) is 2.95. The average molecular weight is 284 g/mol. The summed E-state index contributed by atoms with van der Waals surface area (Å²) in [7, 11) is 0. The van der Waals surface area contributed by atoms with E-state index in [1.807, 2.05) is 6.07 Å². The van der Waals surface area contributed by atoms with Crippen LogP contribution in [0.2, 0.25) is 0 Å². The van der Waals surface area contributed by atoms with Gasteiger partial charge in [-0.2, -0.15) is 0 Å². The van der Waals surface area contributed by atoms with E-state index in [1.165, 1.54) is 24.1 Å². The Morgan fingerprint density at radius 2 is 1.86 bits per heavy atom. The van der Waals surface area contributed by atoms with Crippen molar-refractivity contribution in [3.05, 3.63) is 53.3 Å². The third-order valence-electron chi connectivity index (χ3n) is 4.29. The maximum absolute atomic E-state index is 3.50. The molecule has 0 aliphatic carbocycles. The number of benzene rings is 1. The van der Waals surface area contributed by atoms with Gasteiger partial charge < -0.3 is 10.6 Å². The van der Waals surface area contributed by atoms with Crippen molar-refractivity contribution in [3.63, 3.8) is 0 Å². The number of allylic oxidation sites excluding steroid dienone is 4. The molecule has 114 valence electrons. The molecule has 1 fully saturated rings. The molecule has 1 heterocycles. The molecule has 1 aliphatic rings. The molecule has 0 radical (unpaired) electrons. The third kappa shape index (κ3) is 4.75. The van der Waals surface area contributed by atoms with Crippen molar-refractivity contribution in [1.82, 2.24) is 5.32 Å².